The largest absolute Gasteiger partial charge is 0.487 e. The molecule has 2 atom stereocenters. The predicted octanol–water partition coefficient (Wildman–Crippen LogP) is 5.91. The molecule has 5 rings (SSSR count). The van der Waals surface area contributed by atoms with E-state index in [1.807, 2.05) is 48.5 Å². The standard InChI is InChI=1S/C31H35ClN2O3/c1-21-19-34(17-14-31(21,36)22-8-11-24(32)12-9-22)16-5-7-25-26-6-4-15-33-28(26)20-37-29-13-10-23(18-27(25)29)30(2,3)35/h4,6-13,15,18,21,35-36H,5,14,16-17,19-20H2,1-3H3. The fourth-order valence-electron chi connectivity index (χ4n) is 5.52. The van der Waals surface area contributed by atoms with E-state index in [9.17, 15) is 10.2 Å². The fraction of sp³-hybridized carbons (Fsp3) is 0.387. The van der Waals surface area contributed by atoms with E-state index >= 15 is 0 Å². The summed E-state index contributed by atoms with van der Waals surface area (Å²) in [6.07, 6.45) is 5.61. The van der Waals surface area contributed by atoms with Crippen LogP contribution in [0.2, 0.25) is 5.02 Å². The van der Waals surface area contributed by atoms with Crippen molar-refractivity contribution in [2.45, 2.75) is 51.4 Å². The van der Waals surface area contributed by atoms with Crippen LogP contribution in [0.1, 0.15) is 61.6 Å². The van der Waals surface area contributed by atoms with Gasteiger partial charge in [-0.2, -0.15) is 0 Å². The molecule has 37 heavy (non-hydrogen) atoms. The number of rotatable bonds is 5. The van der Waals surface area contributed by atoms with Gasteiger partial charge in [-0.15, -0.1) is 0 Å². The smallest absolute Gasteiger partial charge is 0.131 e. The highest BCUT2D eigenvalue weighted by Crippen LogP contribution is 2.40. The summed E-state index contributed by atoms with van der Waals surface area (Å²) in [6, 6.07) is 17.6. The maximum Gasteiger partial charge on any atom is 0.131 e. The van der Waals surface area contributed by atoms with Crippen molar-refractivity contribution in [1.29, 1.82) is 0 Å². The first-order chi connectivity index (χ1) is 17.6. The molecule has 1 fully saturated rings. The molecule has 0 aliphatic carbocycles. The summed E-state index contributed by atoms with van der Waals surface area (Å²) in [5.41, 5.74) is 4.05. The summed E-state index contributed by atoms with van der Waals surface area (Å²) in [4.78, 5) is 7.01. The third-order valence-electron chi connectivity index (χ3n) is 7.82. The van der Waals surface area contributed by atoms with Gasteiger partial charge in [0, 0.05) is 47.9 Å². The van der Waals surface area contributed by atoms with E-state index < -0.39 is 11.2 Å². The van der Waals surface area contributed by atoms with E-state index in [0.717, 1.165) is 65.3 Å². The number of ether oxygens (including phenoxy) is 1. The van der Waals surface area contributed by atoms with Gasteiger partial charge in [-0.3, -0.25) is 4.98 Å². The highest BCUT2D eigenvalue weighted by Gasteiger charge is 2.40. The third kappa shape index (κ3) is 5.32. The maximum atomic E-state index is 11.5. The summed E-state index contributed by atoms with van der Waals surface area (Å²) in [6.45, 7) is 8.67. The average molecular weight is 519 g/mol. The highest BCUT2D eigenvalue weighted by atomic mass is 35.5. The first kappa shape index (κ1) is 25.9. The lowest BCUT2D eigenvalue weighted by molar-refractivity contribution is -0.0706. The molecule has 0 spiro atoms. The van der Waals surface area contributed by atoms with E-state index in [1.165, 1.54) is 0 Å². The van der Waals surface area contributed by atoms with Gasteiger partial charge in [0.2, 0.25) is 0 Å². The predicted molar refractivity (Wildman–Crippen MR) is 148 cm³/mol. The zero-order valence-electron chi connectivity index (χ0n) is 21.7. The first-order valence-electron chi connectivity index (χ1n) is 13.0. The van der Waals surface area contributed by atoms with Crippen molar-refractivity contribution >= 4 is 17.2 Å². The summed E-state index contributed by atoms with van der Waals surface area (Å²) in [7, 11) is 0. The lowest BCUT2D eigenvalue weighted by Gasteiger charge is -2.43. The summed E-state index contributed by atoms with van der Waals surface area (Å²) in [5.74, 6) is 0.901. The quantitative estimate of drug-likeness (QED) is 0.440. The maximum absolute atomic E-state index is 11.5. The molecule has 2 N–H and O–H groups in total. The number of benzene rings is 2. The topological polar surface area (TPSA) is 65.8 Å². The molecule has 0 saturated carbocycles. The number of aliphatic hydroxyl groups is 2. The van der Waals surface area contributed by atoms with Crippen LogP contribution >= 0.6 is 11.6 Å². The summed E-state index contributed by atoms with van der Waals surface area (Å²) in [5, 5.41) is 22.8. The van der Waals surface area contributed by atoms with Crippen LogP contribution in [0.25, 0.3) is 5.57 Å². The summed E-state index contributed by atoms with van der Waals surface area (Å²) >= 11 is 6.06. The van der Waals surface area contributed by atoms with Gasteiger partial charge >= 0.3 is 0 Å². The van der Waals surface area contributed by atoms with Crippen molar-refractivity contribution in [2.24, 2.45) is 5.92 Å². The molecule has 5 nitrogen and oxygen atoms in total. The van der Waals surface area contributed by atoms with E-state index in [-0.39, 0.29) is 5.92 Å². The van der Waals surface area contributed by atoms with Crippen molar-refractivity contribution in [3.8, 4) is 5.75 Å². The molecule has 2 unspecified atom stereocenters. The second-order valence-electron chi connectivity index (χ2n) is 10.8. The zero-order valence-corrected chi connectivity index (χ0v) is 22.5. The van der Waals surface area contributed by atoms with Crippen LogP contribution in [0.3, 0.4) is 0 Å². The Hall–Kier alpha value is -2.70. The molecule has 194 valence electrons. The van der Waals surface area contributed by atoms with Gasteiger partial charge < -0.3 is 19.8 Å². The molecule has 1 saturated heterocycles. The van der Waals surface area contributed by atoms with Gasteiger partial charge in [0.1, 0.15) is 12.4 Å². The van der Waals surface area contributed by atoms with Crippen molar-refractivity contribution in [3.63, 3.8) is 0 Å². The molecule has 3 aromatic rings. The highest BCUT2D eigenvalue weighted by molar-refractivity contribution is 6.30. The molecule has 6 heteroatoms. The molecule has 0 amide bonds. The Bertz CT molecular complexity index is 1300. The molecular weight excluding hydrogens is 484 g/mol. The minimum Gasteiger partial charge on any atom is -0.487 e. The molecule has 2 aromatic carbocycles. The van der Waals surface area contributed by atoms with Crippen LogP contribution in [0, 0.1) is 5.92 Å². The number of halogens is 1. The van der Waals surface area contributed by atoms with Crippen LogP contribution in [0.5, 0.6) is 5.75 Å². The first-order valence-corrected chi connectivity index (χ1v) is 13.4. The molecule has 0 bridgehead atoms. The van der Waals surface area contributed by atoms with Gasteiger partial charge in [0.05, 0.1) is 16.9 Å². The number of piperidine rings is 1. The lowest BCUT2D eigenvalue weighted by Crippen LogP contribution is -2.49. The summed E-state index contributed by atoms with van der Waals surface area (Å²) < 4.78 is 6.12. The number of aromatic nitrogens is 1. The number of nitrogens with zero attached hydrogens (tertiary/aromatic N) is 2. The minimum atomic E-state index is -0.949. The van der Waals surface area contributed by atoms with E-state index in [0.29, 0.717) is 18.1 Å². The third-order valence-corrected chi connectivity index (χ3v) is 8.07. The Balaban J connectivity index is 1.37. The van der Waals surface area contributed by atoms with Gasteiger partial charge in [-0.05, 0) is 73.7 Å². The number of hydrogen-bond donors (Lipinski definition) is 2. The molecule has 3 heterocycles. The Kier molecular flexibility index (Phi) is 7.16. The van der Waals surface area contributed by atoms with Crippen LogP contribution in [0.4, 0.5) is 0 Å². The molecule has 1 aromatic heterocycles. The van der Waals surface area contributed by atoms with Crippen LogP contribution in [-0.4, -0.2) is 39.7 Å². The molecule has 2 aliphatic rings. The van der Waals surface area contributed by atoms with Crippen molar-refractivity contribution in [1.82, 2.24) is 9.88 Å². The van der Waals surface area contributed by atoms with E-state index in [4.69, 9.17) is 16.3 Å². The van der Waals surface area contributed by atoms with Crippen LogP contribution in [-0.2, 0) is 17.8 Å². The lowest BCUT2D eigenvalue weighted by atomic mass is 9.77. The number of fused-ring (bicyclic) bond motifs is 2. The average Bonchev–Trinajstić information content (AvgIpc) is 3.03. The van der Waals surface area contributed by atoms with Crippen molar-refractivity contribution in [2.75, 3.05) is 19.6 Å². The second kappa shape index (κ2) is 10.2. The van der Waals surface area contributed by atoms with E-state index in [2.05, 4.69) is 29.0 Å². The normalized spacial score (nSPS) is 23.2. The van der Waals surface area contributed by atoms with E-state index in [1.54, 1.807) is 20.0 Å². The zero-order chi connectivity index (χ0) is 26.2. The molecule has 2 aliphatic heterocycles. The van der Waals surface area contributed by atoms with Gasteiger partial charge in [0.15, 0.2) is 0 Å². The second-order valence-corrected chi connectivity index (χ2v) is 11.3. The Morgan fingerprint density at radius 1 is 1.16 bits per heavy atom. The van der Waals surface area contributed by atoms with Crippen molar-refractivity contribution in [3.05, 3.63) is 99.8 Å². The molecular formula is C31H35ClN2O3. The van der Waals surface area contributed by atoms with Gasteiger partial charge in [-0.1, -0.05) is 48.9 Å². The Labute approximate surface area is 224 Å². The number of likely N-dealkylation sites (tertiary alicyclic amines) is 1. The van der Waals surface area contributed by atoms with Gasteiger partial charge in [-0.25, -0.2) is 0 Å². The van der Waals surface area contributed by atoms with Crippen LogP contribution < -0.4 is 4.74 Å². The monoisotopic (exact) mass is 518 g/mol. The van der Waals surface area contributed by atoms with Gasteiger partial charge in [0.25, 0.3) is 0 Å². The Morgan fingerprint density at radius 2 is 1.95 bits per heavy atom. The Morgan fingerprint density at radius 3 is 2.68 bits per heavy atom. The number of hydrogen-bond acceptors (Lipinski definition) is 5. The number of pyridine rings is 1. The SMILES string of the molecule is CC1CN(CCC=C2c3cc(C(C)(C)O)ccc3OCc3ncccc32)CCC1(O)c1ccc(Cl)cc1. The minimum absolute atomic E-state index is 0.0985. The molecule has 0 radical (unpaired) electrons. The van der Waals surface area contributed by atoms with Crippen LogP contribution in [0.15, 0.2) is 66.9 Å². The fourth-order valence-corrected chi connectivity index (χ4v) is 5.65. The van der Waals surface area contributed by atoms with Crippen molar-refractivity contribution < 1.29 is 14.9 Å².